The lowest BCUT2D eigenvalue weighted by molar-refractivity contribution is 0.142. The Labute approximate surface area is 214 Å². The number of rotatable bonds is 5. The zero-order valence-electron chi connectivity index (χ0n) is 21.1. The van der Waals surface area contributed by atoms with E-state index in [0.717, 1.165) is 44.5 Å². The molecule has 0 saturated carbocycles. The van der Waals surface area contributed by atoms with Crippen LogP contribution in [0.1, 0.15) is 33.1 Å². The highest BCUT2D eigenvalue weighted by Crippen LogP contribution is 2.21. The predicted molar refractivity (Wildman–Crippen MR) is 135 cm³/mol. The van der Waals surface area contributed by atoms with E-state index in [1.807, 2.05) is 13.8 Å². The first-order valence-electron chi connectivity index (χ1n) is 12.3. The van der Waals surface area contributed by atoms with Gasteiger partial charge < -0.3 is 26.0 Å². The van der Waals surface area contributed by atoms with Crippen molar-refractivity contribution in [2.75, 3.05) is 37.7 Å². The SMILES string of the molecule is CC(C)/C(N)=N/C(=O)N1CCCC(COc2cnc(N3CCC(N)C3)nc2)C1.Fc1ccc(F)c(F)c1. The topological polar surface area (TPSA) is 123 Å². The van der Waals surface area contributed by atoms with Gasteiger partial charge in [-0.2, -0.15) is 4.99 Å². The second-order valence-electron chi connectivity index (χ2n) is 9.51. The average Bonchev–Trinajstić information content (AvgIpc) is 3.32. The van der Waals surface area contributed by atoms with Crippen molar-refractivity contribution in [3.63, 3.8) is 0 Å². The first kappa shape index (κ1) is 28.2. The smallest absolute Gasteiger partial charge is 0.345 e. The van der Waals surface area contributed by atoms with Crippen LogP contribution in [0, 0.1) is 29.3 Å². The fraction of sp³-hybridized carbons (Fsp3) is 0.520. The summed E-state index contributed by atoms with van der Waals surface area (Å²) in [4.78, 5) is 28.9. The van der Waals surface area contributed by atoms with Gasteiger partial charge in [0.2, 0.25) is 5.95 Å². The summed E-state index contributed by atoms with van der Waals surface area (Å²) in [5.74, 6) is -0.940. The van der Waals surface area contributed by atoms with Crippen LogP contribution < -0.4 is 21.1 Å². The maximum Gasteiger partial charge on any atom is 0.345 e. The lowest BCUT2D eigenvalue weighted by Gasteiger charge is -2.31. The number of nitrogens with two attached hydrogens (primary N) is 2. The molecule has 9 nitrogen and oxygen atoms in total. The van der Waals surface area contributed by atoms with Gasteiger partial charge in [-0.05, 0) is 31.4 Å². The largest absolute Gasteiger partial charge is 0.490 e. The molecule has 2 aromatic rings. The molecule has 3 heterocycles. The van der Waals surface area contributed by atoms with Crippen LogP contribution in [-0.4, -0.2) is 65.6 Å². The molecule has 2 amide bonds. The minimum atomic E-state index is -1.16. The van der Waals surface area contributed by atoms with Crippen molar-refractivity contribution >= 4 is 17.8 Å². The maximum absolute atomic E-state index is 12.3. The van der Waals surface area contributed by atoms with E-state index in [-0.39, 0.29) is 23.9 Å². The van der Waals surface area contributed by atoms with Crippen LogP contribution in [0.15, 0.2) is 35.6 Å². The Morgan fingerprint density at radius 1 is 1.14 bits per heavy atom. The Kier molecular flexibility index (Phi) is 10.1. The molecule has 1 aromatic heterocycles. The molecular formula is C25H34F3N7O2. The average molecular weight is 522 g/mol. The van der Waals surface area contributed by atoms with E-state index in [1.165, 1.54) is 0 Å². The summed E-state index contributed by atoms with van der Waals surface area (Å²) < 4.78 is 41.7. The van der Waals surface area contributed by atoms with Gasteiger partial charge in [0, 0.05) is 50.1 Å². The third kappa shape index (κ3) is 8.59. The molecule has 2 saturated heterocycles. The van der Waals surface area contributed by atoms with Crippen LogP contribution in [-0.2, 0) is 0 Å². The number of amides is 2. The number of aliphatic imine (C=N–C) groups is 1. The van der Waals surface area contributed by atoms with Gasteiger partial charge in [0.05, 0.1) is 19.0 Å². The quantitative estimate of drug-likeness (QED) is 0.351. The molecule has 2 fully saturated rings. The van der Waals surface area contributed by atoms with Crippen molar-refractivity contribution in [3.8, 4) is 5.75 Å². The number of hydrogen-bond acceptors (Lipinski definition) is 6. The van der Waals surface area contributed by atoms with Crippen LogP contribution in [0.3, 0.4) is 0 Å². The normalized spacial score (nSPS) is 20.0. The van der Waals surface area contributed by atoms with Gasteiger partial charge in [-0.25, -0.2) is 27.9 Å². The molecule has 37 heavy (non-hydrogen) atoms. The van der Waals surface area contributed by atoms with E-state index in [1.54, 1.807) is 17.3 Å². The number of piperidine rings is 1. The van der Waals surface area contributed by atoms with Gasteiger partial charge in [0.1, 0.15) is 11.7 Å². The number of likely N-dealkylation sites (tertiary alicyclic amines) is 1. The van der Waals surface area contributed by atoms with E-state index in [0.29, 0.717) is 43.3 Å². The van der Waals surface area contributed by atoms with Gasteiger partial charge in [0.25, 0.3) is 0 Å². The number of urea groups is 1. The number of carbonyl (C=O) groups is 1. The highest BCUT2D eigenvalue weighted by molar-refractivity contribution is 5.93. The zero-order valence-corrected chi connectivity index (χ0v) is 21.1. The second kappa shape index (κ2) is 13.2. The Balaban J connectivity index is 0.000000356. The summed E-state index contributed by atoms with van der Waals surface area (Å²) in [7, 11) is 0. The van der Waals surface area contributed by atoms with Crippen LogP contribution in [0.4, 0.5) is 23.9 Å². The number of halogens is 3. The Hall–Kier alpha value is -3.41. The number of amidine groups is 1. The van der Waals surface area contributed by atoms with Gasteiger partial charge in [-0.3, -0.25) is 0 Å². The first-order valence-corrected chi connectivity index (χ1v) is 12.3. The summed E-state index contributed by atoms with van der Waals surface area (Å²) in [5, 5.41) is 0. The molecule has 202 valence electrons. The molecule has 0 spiro atoms. The lowest BCUT2D eigenvalue weighted by Crippen LogP contribution is -2.41. The van der Waals surface area contributed by atoms with E-state index in [9.17, 15) is 18.0 Å². The van der Waals surface area contributed by atoms with E-state index in [4.69, 9.17) is 16.2 Å². The Morgan fingerprint density at radius 2 is 1.86 bits per heavy atom. The number of ether oxygens (including phenoxy) is 1. The molecule has 4 rings (SSSR count). The van der Waals surface area contributed by atoms with Crippen LogP contribution in [0.5, 0.6) is 5.75 Å². The predicted octanol–water partition coefficient (Wildman–Crippen LogP) is 3.34. The standard InChI is InChI=1S/C19H31N7O2.C6H3F3/c1-13(2)17(21)24-19(27)26-6-3-4-14(10-26)12-28-16-8-22-18(23-9-16)25-7-5-15(20)11-25;7-4-1-2-5(8)6(9)3-4/h8-9,13-15H,3-7,10-12,20H2,1-2H3,(H2,21,24,27);1-3H. The fourth-order valence-electron chi connectivity index (χ4n) is 3.89. The minimum Gasteiger partial charge on any atom is -0.490 e. The molecule has 2 aliphatic rings. The van der Waals surface area contributed by atoms with Crippen LogP contribution >= 0.6 is 0 Å². The Morgan fingerprint density at radius 3 is 2.46 bits per heavy atom. The van der Waals surface area contributed by atoms with Crippen molar-refractivity contribution in [1.29, 1.82) is 0 Å². The van der Waals surface area contributed by atoms with Crippen molar-refractivity contribution in [2.45, 2.75) is 39.2 Å². The molecule has 2 unspecified atom stereocenters. The highest BCUT2D eigenvalue weighted by Gasteiger charge is 2.25. The Bertz CT molecular complexity index is 1070. The van der Waals surface area contributed by atoms with Crippen molar-refractivity contribution in [3.05, 3.63) is 48.0 Å². The number of nitrogens with zero attached hydrogens (tertiary/aromatic N) is 5. The van der Waals surface area contributed by atoms with Crippen molar-refractivity contribution in [2.24, 2.45) is 28.3 Å². The number of carbonyl (C=O) groups excluding carboxylic acids is 1. The van der Waals surface area contributed by atoms with Gasteiger partial charge >= 0.3 is 6.03 Å². The number of anilines is 1. The lowest BCUT2D eigenvalue weighted by atomic mass is 9.99. The van der Waals surface area contributed by atoms with Gasteiger partial charge in [-0.15, -0.1) is 0 Å². The summed E-state index contributed by atoms with van der Waals surface area (Å²) in [6.07, 6.45) is 6.31. The van der Waals surface area contributed by atoms with Crippen molar-refractivity contribution in [1.82, 2.24) is 14.9 Å². The maximum atomic E-state index is 12.3. The zero-order chi connectivity index (χ0) is 26.9. The van der Waals surface area contributed by atoms with Gasteiger partial charge in [0.15, 0.2) is 17.4 Å². The van der Waals surface area contributed by atoms with Crippen LogP contribution in [0.2, 0.25) is 0 Å². The molecule has 1 aromatic carbocycles. The monoisotopic (exact) mass is 521 g/mol. The summed E-state index contributed by atoms with van der Waals surface area (Å²) >= 11 is 0. The number of benzene rings is 1. The minimum absolute atomic E-state index is 0.0622. The third-order valence-corrected chi connectivity index (χ3v) is 6.10. The third-order valence-electron chi connectivity index (χ3n) is 6.10. The molecule has 2 aliphatic heterocycles. The van der Waals surface area contributed by atoms with Gasteiger partial charge in [-0.1, -0.05) is 13.8 Å². The van der Waals surface area contributed by atoms with E-state index >= 15 is 0 Å². The summed E-state index contributed by atoms with van der Waals surface area (Å²) in [5.41, 5.74) is 11.7. The van der Waals surface area contributed by atoms with E-state index < -0.39 is 17.5 Å². The second-order valence-corrected chi connectivity index (χ2v) is 9.51. The summed E-state index contributed by atoms with van der Waals surface area (Å²) in [6.45, 7) is 7.37. The molecule has 0 aliphatic carbocycles. The first-order chi connectivity index (χ1) is 17.6. The molecule has 0 bridgehead atoms. The molecule has 4 N–H and O–H groups in total. The van der Waals surface area contributed by atoms with Crippen LogP contribution in [0.25, 0.3) is 0 Å². The fourth-order valence-corrected chi connectivity index (χ4v) is 3.89. The van der Waals surface area contributed by atoms with E-state index in [2.05, 4.69) is 19.9 Å². The number of hydrogen-bond donors (Lipinski definition) is 2. The molecule has 2 atom stereocenters. The highest BCUT2D eigenvalue weighted by atomic mass is 19.2. The molecular weight excluding hydrogens is 487 g/mol. The summed E-state index contributed by atoms with van der Waals surface area (Å²) in [6, 6.07) is 2.03. The molecule has 12 heteroatoms. The van der Waals surface area contributed by atoms with Crippen molar-refractivity contribution < 1.29 is 22.7 Å². The number of aromatic nitrogens is 2. The molecule has 0 radical (unpaired) electrons.